The van der Waals surface area contributed by atoms with Gasteiger partial charge in [-0.3, -0.25) is 9.79 Å². The minimum atomic E-state index is -0.237. The van der Waals surface area contributed by atoms with Gasteiger partial charge in [0.25, 0.3) is 0 Å². The number of nitrogens with one attached hydrogen (secondary N) is 2. The maximum absolute atomic E-state index is 13.1. The Morgan fingerprint density at radius 2 is 2.27 bits per heavy atom. The summed E-state index contributed by atoms with van der Waals surface area (Å²) in [4.78, 5) is 20.6. The maximum Gasteiger partial charge on any atom is 0.235 e. The Morgan fingerprint density at radius 1 is 1.45 bits per heavy atom. The van der Waals surface area contributed by atoms with Crippen molar-refractivity contribution >= 4 is 23.5 Å². The summed E-state index contributed by atoms with van der Waals surface area (Å²) in [5, 5.41) is 7.66. The smallest absolute Gasteiger partial charge is 0.235 e. The first-order chi connectivity index (χ1) is 15.9. The summed E-state index contributed by atoms with van der Waals surface area (Å²) in [5.41, 5.74) is 7.69. The van der Waals surface area contributed by atoms with E-state index in [-0.39, 0.29) is 29.3 Å². The Bertz CT molecular complexity index is 813. The quantitative estimate of drug-likeness (QED) is 0.524. The van der Waals surface area contributed by atoms with E-state index in [4.69, 9.17) is 15.5 Å². The number of nitrogens with zero attached hydrogens (tertiary/aromatic N) is 2. The zero-order valence-corrected chi connectivity index (χ0v) is 21.4. The Hall–Kier alpha value is -1.51. The van der Waals surface area contributed by atoms with Crippen molar-refractivity contribution in [1.82, 2.24) is 15.5 Å². The summed E-state index contributed by atoms with van der Waals surface area (Å²) in [5.74, 6) is 2.10. The van der Waals surface area contributed by atoms with Crippen molar-refractivity contribution in [2.75, 3.05) is 26.8 Å². The molecule has 0 aromatic heterocycles. The van der Waals surface area contributed by atoms with Gasteiger partial charge in [0, 0.05) is 50.2 Å². The number of amidine groups is 1. The van der Waals surface area contributed by atoms with Gasteiger partial charge >= 0.3 is 0 Å². The normalized spacial score (nSPS) is 34.7. The van der Waals surface area contributed by atoms with Gasteiger partial charge in [0.1, 0.15) is 11.1 Å². The SMILES string of the molecule is CCC1N=C(N2CCC(COC)C2)C=CC1C[C@H](C)NC(=O)[C@H]1SC2=C(CCC(C)N2)C1N. The van der Waals surface area contributed by atoms with Crippen molar-refractivity contribution in [2.45, 2.75) is 82.3 Å². The number of methoxy groups -OCH3 is 1. The highest BCUT2D eigenvalue weighted by Gasteiger charge is 2.40. The lowest BCUT2D eigenvalue weighted by Gasteiger charge is -2.30. The Labute approximate surface area is 203 Å². The van der Waals surface area contributed by atoms with Crippen LogP contribution in [-0.4, -0.2) is 72.9 Å². The number of ether oxygens (including phenoxy) is 1. The molecule has 1 fully saturated rings. The first-order valence-corrected chi connectivity index (χ1v) is 13.5. The minimum Gasteiger partial charge on any atom is -0.384 e. The molecule has 0 aliphatic carbocycles. The van der Waals surface area contributed by atoms with E-state index < -0.39 is 0 Å². The molecule has 0 aromatic carbocycles. The number of aliphatic imine (C=N–C) groups is 1. The molecule has 4 rings (SSSR count). The fourth-order valence-corrected chi connectivity index (χ4v) is 6.97. The average molecular weight is 476 g/mol. The van der Waals surface area contributed by atoms with Crippen LogP contribution in [0.4, 0.5) is 0 Å². The van der Waals surface area contributed by atoms with Gasteiger partial charge in [-0.2, -0.15) is 0 Å². The average Bonchev–Trinajstić information content (AvgIpc) is 3.38. The number of likely N-dealkylation sites (tertiary alicyclic amines) is 1. The van der Waals surface area contributed by atoms with E-state index in [1.807, 2.05) is 0 Å². The van der Waals surface area contributed by atoms with Crippen LogP contribution in [0.15, 0.2) is 27.7 Å². The molecule has 1 saturated heterocycles. The molecular formula is C25H41N5O2S. The molecule has 7 atom stereocenters. The first-order valence-electron chi connectivity index (χ1n) is 12.6. The van der Waals surface area contributed by atoms with Crippen LogP contribution in [0.25, 0.3) is 0 Å². The lowest BCUT2D eigenvalue weighted by Crippen LogP contribution is -2.46. The zero-order chi connectivity index (χ0) is 23.5. The topological polar surface area (TPSA) is 92.0 Å². The third-order valence-corrected chi connectivity index (χ3v) is 8.85. The van der Waals surface area contributed by atoms with Crippen LogP contribution in [0, 0.1) is 11.8 Å². The van der Waals surface area contributed by atoms with E-state index in [1.165, 1.54) is 5.57 Å². The van der Waals surface area contributed by atoms with Crippen LogP contribution in [0.2, 0.25) is 0 Å². The van der Waals surface area contributed by atoms with E-state index >= 15 is 0 Å². The highest BCUT2D eigenvalue weighted by Crippen LogP contribution is 2.40. The van der Waals surface area contributed by atoms with Gasteiger partial charge in [-0.25, -0.2) is 0 Å². The molecule has 4 aliphatic heterocycles. The number of rotatable bonds is 7. The predicted molar refractivity (Wildman–Crippen MR) is 136 cm³/mol. The second-order valence-electron chi connectivity index (χ2n) is 10.2. The van der Waals surface area contributed by atoms with Crippen molar-refractivity contribution in [2.24, 2.45) is 22.6 Å². The van der Waals surface area contributed by atoms with E-state index in [1.54, 1.807) is 18.9 Å². The molecule has 7 nitrogen and oxygen atoms in total. The molecule has 0 spiro atoms. The van der Waals surface area contributed by atoms with Crippen molar-refractivity contribution in [3.63, 3.8) is 0 Å². The number of thioether (sulfide) groups is 1. The molecule has 8 heteroatoms. The summed E-state index contributed by atoms with van der Waals surface area (Å²) < 4.78 is 5.34. The molecule has 0 saturated carbocycles. The third kappa shape index (κ3) is 5.60. The molecule has 184 valence electrons. The second-order valence-corrected chi connectivity index (χ2v) is 11.3. The van der Waals surface area contributed by atoms with Gasteiger partial charge in [0.05, 0.1) is 17.7 Å². The number of carbonyl (C=O) groups is 1. The third-order valence-electron chi connectivity index (χ3n) is 7.48. The number of hydrogen-bond acceptors (Lipinski definition) is 7. The standard InChI is InChI=1S/C25H41N5O2S/c1-5-20-18(7-9-21(29-20)30-11-10-17(13-30)14-32-4)12-16(3)27-24(31)23-22(26)19-8-6-15(2)28-25(19)33-23/h7,9,15-18,20,22-23,28H,5-6,8,10-14,26H2,1-4H3,(H,27,31)/t15?,16-,17?,18?,20?,22?,23-/m0/s1. The lowest BCUT2D eigenvalue weighted by molar-refractivity contribution is -0.121. The summed E-state index contributed by atoms with van der Waals surface area (Å²) in [6.45, 7) is 9.39. The van der Waals surface area contributed by atoms with Crippen molar-refractivity contribution in [3.8, 4) is 0 Å². The van der Waals surface area contributed by atoms with Gasteiger partial charge in [-0.05, 0) is 57.6 Å². The molecular weight excluding hydrogens is 434 g/mol. The number of dihydropyridines is 1. The largest absolute Gasteiger partial charge is 0.384 e. The van der Waals surface area contributed by atoms with Crippen molar-refractivity contribution < 1.29 is 9.53 Å². The highest BCUT2D eigenvalue weighted by atomic mass is 32.2. The highest BCUT2D eigenvalue weighted by molar-refractivity contribution is 8.04. The van der Waals surface area contributed by atoms with Gasteiger partial charge in [-0.15, -0.1) is 0 Å². The zero-order valence-electron chi connectivity index (χ0n) is 20.5. The van der Waals surface area contributed by atoms with E-state index in [0.29, 0.717) is 17.9 Å². The first kappa shape index (κ1) is 24.6. The lowest BCUT2D eigenvalue weighted by atomic mass is 9.89. The van der Waals surface area contributed by atoms with Gasteiger partial charge in [0.15, 0.2) is 0 Å². The second kappa shape index (κ2) is 10.8. The Balaban J connectivity index is 1.29. The van der Waals surface area contributed by atoms with Crippen LogP contribution in [0.1, 0.15) is 52.9 Å². The van der Waals surface area contributed by atoms with Gasteiger partial charge in [0.2, 0.25) is 5.91 Å². The number of nitrogens with two attached hydrogens (primary N) is 1. The molecule has 33 heavy (non-hydrogen) atoms. The van der Waals surface area contributed by atoms with Crippen LogP contribution in [0.5, 0.6) is 0 Å². The molecule has 4 heterocycles. The fraction of sp³-hybridized carbons (Fsp3) is 0.760. The molecule has 0 aromatic rings. The van der Waals surface area contributed by atoms with E-state index in [0.717, 1.165) is 62.7 Å². The molecule has 4 N–H and O–H groups in total. The van der Waals surface area contributed by atoms with Crippen LogP contribution in [-0.2, 0) is 9.53 Å². The number of hydrogen-bond donors (Lipinski definition) is 3. The maximum atomic E-state index is 13.1. The van der Waals surface area contributed by atoms with Gasteiger partial charge in [-0.1, -0.05) is 24.8 Å². The van der Waals surface area contributed by atoms with Crippen LogP contribution in [0.3, 0.4) is 0 Å². The predicted octanol–water partition coefficient (Wildman–Crippen LogP) is 2.64. The molecule has 5 unspecified atom stereocenters. The molecule has 4 aliphatic rings. The van der Waals surface area contributed by atoms with Crippen LogP contribution < -0.4 is 16.4 Å². The number of carbonyl (C=O) groups excluding carboxylic acids is 1. The summed E-state index contributed by atoms with van der Waals surface area (Å²) in [7, 11) is 1.78. The molecule has 0 bridgehead atoms. The van der Waals surface area contributed by atoms with Gasteiger partial charge < -0.3 is 26.0 Å². The summed E-state index contributed by atoms with van der Waals surface area (Å²) >= 11 is 1.61. The Morgan fingerprint density at radius 3 is 3.03 bits per heavy atom. The fourth-order valence-electron chi connectivity index (χ4n) is 5.57. The van der Waals surface area contributed by atoms with E-state index in [9.17, 15) is 4.79 Å². The Kier molecular flexibility index (Phi) is 8.07. The number of amides is 1. The molecule has 1 amide bonds. The molecule has 0 radical (unpaired) electrons. The summed E-state index contributed by atoms with van der Waals surface area (Å²) in [6, 6.07) is 0.594. The van der Waals surface area contributed by atoms with Crippen LogP contribution >= 0.6 is 11.8 Å². The van der Waals surface area contributed by atoms with Crippen molar-refractivity contribution in [3.05, 3.63) is 22.8 Å². The summed E-state index contributed by atoms with van der Waals surface area (Å²) in [6.07, 6.45) is 9.62. The van der Waals surface area contributed by atoms with Crippen molar-refractivity contribution in [1.29, 1.82) is 0 Å². The van der Waals surface area contributed by atoms with E-state index in [2.05, 4.69) is 48.5 Å². The minimum absolute atomic E-state index is 0.0575. The monoisotopic (exact) mass is 475 g/mol.